The molecule has 0 radical (unpaired) electrons. The van der Waals surface area contributed by atoms with Gasteiger partial charge in [-0.2, -0.15) is 5.01 Å². The summed E-state index contributed by atoms with van der Waals surface area (Å²) >= 11 is 1.13. The van der Waals surface area contributed by atoms with E-state index in [0.29, 0.717) is 31.9 Å². The van der Waals surface area contributed by atoms with Crippen molar-refractivity contribution in [3.05, 3.63) is 64.4 Å². The van der Waals surface area contributed by atoms with Crippen LogP contribution in [0.4, 0.5) is 4.79 Å². The largest absolute Gasteiger partial charge is 0.459 e. The summed E-state index contributed by atoms with van der Waals surface area (Å²) in [4.78, 5) is 42.8. The zero-order valence-corrected chi connectivity index (χ0v) is 16.8. The van der Waals surface area contributed by atoms with Gasteiger partial charge in [-0.05, 0) is 38.5 Å². The molecule has 1 saturated heterocycles. The first-order valence-corrected chi connectivity index (χ1v) is 9.68. The smallest absolute Gasteiger partial charge is 0.344 e. The summed E-state index contributed by atoms with van der Waals surface area (Å²) in [6, 6.07) is 11.8. The fourth-order valence-corrected chi connectivity index (χ4v) is 4.04. The Morgan fingerprint density at radius 3 is 2.55 bits per heavy atom. The number of carbonyl (C=O) groups is 3. The van der Waals surface area contributed by atoms with E-state index in [-0.39, 0.29) is 0 Å². The van der Waals surface area contributed by atoms with Crippen molar-refractivity contribution in [3.63, 3.8) is 0 Å². The van der Waals surface area contributed by atoms with Crippen LogP contribution in [0.25, 0.3) is 10.8 Å². The van der Waals surface area contributed by atoms with Crippen LogP contribution in [0.5, 0.6) is 0 Å². The number of carbonyl (C=O) groups excluding carboxylic acids is 3. The third-order valence-corrected chi connectivity index (χ3v) is 5.88. The van der Waals surface area contributed by atoms with E-state index in [1.54, 1.807) is 44.2 Å². The third kappa shape index (κ3) is 3.19. The fraction of sp³-hybridized carbons (Fsp3) is 0.200. The van der Waals surface area contributed by atoms with Crippen LogP contribution in [0.3, 0.4) is 0 Å². The van der Waals surface area contributed by atoms with Gasteiger partial charge in [-0.25, -0.2) is 9.78 Å². The van der Waals surface area contributed by atoms with Gasteiger partial charge in [-0.1, -0.05) is 30.3 Å². The van der Waals surface area contributed by atoms with Crippen LogP contribution < -0.4 is 10.7 Å². The molecule has 3 heterocycles. The SMILES string of the molecule is Cc1ccc(-c2nc(C)c(C(=O)NN3C(=O)NC(C)(c4ccccc4)C3=O)s2)o1. The van der Waals surface area contributed by atoms with Gasteiger partial charge in [0.15, 0.2) is 10.8 Å². The standard InChI is InChI=1S/C20H18N4O4S/c1-11-9-10-14(28-11)17-21-12(2)15(29-17)16(25)23-24-18(26)20(3,22-19(24)27)13-7-5-4-6-8-13/h4-10H,1-3H3,(H,22,27)(H,23,25). The molecule has 2 N–H and O–H groups in total. The second-order valence-corrected chi connectivity index (χ2v) is 7.85. The molecule has 8 nitrogen and oxygen atoms in total. The van der Waals surface area contributed by atoms with Gasteiger partial charge in [-0.3, -0.25) is 15.0 Å². The number of urea groups is 1. The molecular formula is C20H18N4O4S. The van der Waals surface area contributed by atoms with Gasteiger partial charge in [-0.15, -0.1) is 11.3 Å². The Kier molecular flexibility index (Phi) is 4.46. The quantitative estimate of drug-likeness (QED) is 0.643. The number of hydrazine groups is 1. The highest BCUT2D eigenvalue weighted by Gasteiger charge is 2.50. The van der Waals surface area contributed by atoms with Crippen molar-refractivity contribution in [2.45, 2.75) is 26.3 Å². The van der Waals surface area contributed by atoms with Crippen LogP contribution in [-0.4, -0.2) is 27.8 Å². The minimum absolute atomic E-state index is 0.294. The van der Waals surface area contributed by atoms with Crippen molar-refractivity contribution in [2.75, 3.05) is 0 Å². The highest BCUT2D eigenvalue weighted by molar-refractivity contribution is 7.17. The Morgan fingerprint density at radius 2 is 1.90 bits per heavy atom. The number of aromatic nitrogens is 1. The topological polar surface area (TPSA) is 105 Å². The van der Waals surface area contributed by atoms with E-state index in [1.807, 2.05) is 19.1 Å². The number of hydrogen-bond acceptors (Lipinski definition) is 6. The molecule has 148 valence electrons. The third-order valence-electron chi connectivity index (χ3n) is 4.71. The van der Waals surface area contributed by atoms with Crippen molar-refractivity contribution in [1.82, 2.24) is 20.7 Å². The van der Waals surface area contributed by atoms with Gasteiger partial charge >= 0.3 is 6.03 Å². The summed E-state index contributed by atoms with van der Waals surface area (Å²) in [5.74, 6) is 0.140. The predicted octanol–water partition coefficient (Wildman–Crippen LogP) is 3.13. The Labute approximate surface area is 170 Å². The van der Waals surface area contributed by atoms with E-state index in [4.69, 9.17) is 4.42 Å². The summed E-state index contributed by atoms with van der Waals surface area (Å²) in [5, 5.41) is 3.91. The highest BCUT2D eigenvalue weighted by atomic mass is 32.1. The van der Waals surface area contributed by atoms with E-state index in [1.165, 1.54) is 0 Å². The number of imide groups is 1. The Balaban J connectivity index is 1.57. The van der Waals surface area contributed by atoms with Gasteiger partial charge in [0.1, 0.15) is 16.2 Å². The summed E-state index contributed by atoms with van der Waals surface area (Å²) in [7, 11) is 0. The lowest BCUT2D eigenvalue weighted by atomic mass is 9.92. The fourth-order valence-electron chi connectivity index (χ4n) is 3.12. The molecule has 1 fully saturated rings. The van der Waals surface area contributed by atoms with Gasteiger partial charge in [0, 0.05) is 0 Å². The molecule has 1 aliphatic heterocycles. The molecule has 1 aromatic carbocycles. The number of nitrogens with one attached hydrogen (secondary N) is 2. The maximum atomic E-state index is 12.9. The lowest BCUT2D eigenvalue weighted by molar-refractivity contribution is -0.132. The number of amides is 4. The predicted molar refractivity (Wildman–Crippen MR) is 106 cm³/mol. The Bertz CT molecular complexity index is 1120. The monoisotopic (exact) mass is 410 g/mol. The zero-order valence-electron chi connectivity index (χ0n) is 16.0. The second-order valence-electron chi connectivity index (χ2n) is 6.85. The average molecular weight is 410 g/mol. The molecule has 1 unspecified atom stereocenters. The van der Waals surface area contributed by atoms with Crippen LogP contribution in [0.2, 0.25) is 0 Å². The maximum Gasteiger partial charge on any atom is 0.344 e. The number of hydrogen-bond donors (Lipinski definition) is 2. The molecule has 0 aliphatic carbocycles. The van der Waals surface area contributed by atoms with E-state index < -0.39 is 23.4 Å². The van der Waals surface area contributed by atoms with Crippen LogP contribution in [0, 0.1) is 13.8 Å². The van der Waals surface area contributed by atoms with Gasteiger partial charge in [0.25, 0.3) is 11.8 Å². The number of aryl methyl sites for hydroxylation is 2. The van der Waals surface area contributed by atoms with Gasteiger partial charge < -0.3 is 9.73 Å². The van der Waals surface area contributed by atoms with Crippen LogP contribution in [-0.2, 0) is 10.3 Å². The normalized spacial score (nSPS) is 18.8. The second kappa shape index (κ2) is 6.85. The zero-order chi connectivity index (χ0) is 20.8. The van der Waals surface area contributed by atoms with Crippen molar-refractivity contribution in [3.8, 4) is 10.8 Å². The first kappa shape index (κ1) is 18.9. The van der Waals surface area contributed by atoms with Gasteiger partial charge in [0.05, 0.1) is 5.69 Å². The molecule has 2 aromatic heterocycles. The molecular weight excluding hydrogens is 392 g/mol. The summed E-state index contributed by atoms with van der Waals surface area (Å²) in [6.07, 6.45) is 0. The van der Waals surface area contributed by atoms with Crippen molar-refractivity contribution in [1.29, 1.82) is 0 Å². The minimum atomic E-state index is -1.26. The molecule has 9 heteroatoms. The van der Waals surface area contributed by atoms with E-state index >= 15 is 0 Å². The first-order valence-electron chi connectivity index (χ1n) is 8.87. The first-order chi connectivity index (χ1) is 13.8. The number of nitrogens with zero attached hydrogens (tertiary/aromatic N) is 2. The Hall–Kier alpha value is -3.46. The minimum Gasteiger partial charge on any atom is -0.459 e. The summed E-state index contributed by atoms with van der Waals surface area (Å²) in [5.41, 5.74) is 2.25. The summed E-state index contributed by atoms with van der Waals surface area (Å²) in [6.45, 7) is 5.10. The average Bonchev–Trinajstić information content (AvgIpc) is 3.36. The molecule has 0 spiro atoms. The molecule has 4 rings (SSSR count). The van der Waals surface area contributed by atoms with Crippen LogP contribution in [0.1, 0.15) is 33.6 Å². The van der Waals surface area contributed by atoms with Gasteiger partial charge in [0.2, 0.25) is 0 Å². The van der Waals surface area contributed by atoms with E-state index in [0.717, 1.165) is 17.1 Å². The number of thiazole rings is 1. The van der Waals surface area contributed by atoms with Crippen LogP contribution in [0.15, 0.2) is 46.9 Å². The number of furan rings is 1. The highest BCUT2D eigenvalue weighted by Crippen LogP contribution is 2.30. The number of benzene rings is 1. The molecule has 4 amide bonds. The van der Waals surface area contributed by atoms with Crippen molar-refractivity contribution < 1.29 is 18.8 Å². The molecule has 1 atom stereocenters. The molecule has 0 bridgehead atoms. The van der Waals surface area contributed by atoms with E-state index in [9.17, 15) is 14.4 Å². The molecule has 1 aliphatic rings. The van der Waals surface area contributed by atoms with Crippen molar-refractivity contribution in [2.24, 2.45) is 0 Å². The van der Waals surface area contributed by atoms with E-state index in [2.05, 4.69) is 15.7 Å². The Morgan fingerprint density at radius 1 is 1.17 bits per heavy atom. The molecule has 0 saturated carbocycles. The lowest BCUT2D eigenvalue weighted by Crippen LogP contribution is -2.47. The summed E-state index contributed by atoms with van der Waals surface area (Å²) < 4.78 is 5.55. The lowest BCUT2D eigenvalue weighted by Gasteiger charge is -2.22. The number of rotatable bonds is 4. The maximum absolute atomic E-state index is 12.9. The molecule has 29 heavy (non-hydrogen) atoms. The molecule has 3 aromatic rings. The van der Waals surface area contributed by atoms with Crippen LogP contribution >= 0.6 is 11.3 Å². The van der Waals surface area contributed by atoms with Crippen molar-refractivity contribution >= 4 is 29.2 Å².